The summed E-state index contributed by atoms with van der Waals surface area (Å²) >= 11 is 0. The lowest BCUT2D eigenvalue weighted by molar-refractivity contribution is -0.143. The summed E-state index contributed by atoms with van der Waals surface area (Å²) in [6, 6.07) is 1.52. The molecule has 1 aromatic rings. The molecule has 0 saturated carbocycles. The Labute approximate surface area is 153 Å². The Morgan fingerprint density at radius 3 is 1.96 bits per heavy atom. The Morgan fingerprint density at radius 1 is 0.963 bits per heavy atom. The molecule has 0 unspecified atom stereocenters. The third-order valence-electron chi connectivity index (χ3n) is 4.62. The molecule has 1 fully saturated rings. The van der Waals surface area contributed by atoms with Crippen LogP contribution in [0.2, 0.25) is 0 Å². The molecule has 9 heteroatoms. The molecule has 2 rings (SSSR count). The van der Waals surface area contributed by atoms with E-state index in [9.17, 15) is 31.1 Å². The van der Waals surface area contributed by atoms with Gasteiger partial charge in [-0.2, -0.15) is 26.3 Å². The van der Waals surface area contributed by atoms with Gasteiger partial charge in [-0.15, -0.1) is 0 Å². The van der Waals surface area contributed by atoms with Gasteiger partial charge in [0.15, 0.2) is 0 Å². The third kappa shape index (κ3) is 6.41. The zero-order chi connectivity index (χ0) is 20.2. The van der Waals surface area contributed by atoms with Crippen LogP contribution in [0.25, 0.3) is 0 Å². The topological polar surface area (TPSA) is 23.6 Å². The molecule has 0 spiro atoms. The van der Waals surface area contributed by atoms with Crippen LogP contribution in [0.3, 0.4) is 0 Å². The molecule has 0 atom stereocenters. The minimum atomic E-state index is -4.87. The molecule has 0 radical (unpaired) electrons. The number of hydrogen-bond donors (Lipinski definition) is 0. The average molecular weight is 396 g/mol. The fourth-order valence-electron chi connectivity index (χ4n) is 3.01. The second-order valence-corrected chi connectivity index (χ2v) is 6.82. The average Bonchev–Trinajstić information content (AvgIpc) is 2.58. The van der Waals surface area contributed by atoms with E-state index in [1.807, 2.05) is 4.90 Å². The van der Waals surface area contributed by atoms with E-state index >= 15 is 0 Å². The molecule has 152 valence electrons. The highest BCUT2D eigenvalue weighted by atomic mass is 19.4. The van der Waals surface area contributed by atoms with E-state index in [0.717, 1.165) is 32.4 Å². The highest BCUT2D eigenvalue weighted by Crippen LogP contribution is 2.36. The van der Waals surface area contributed by atoms with Gasteiger partial charge in [0, 0.05) is 13.6 Å². The first kappa shape index (κ1) is 21.5. The largest absolute Gasteiger partial charge is 0.416 e. The van der Waals surface area contributed by atoms with Gasteiger partial charge in [0.25, 0.3) is 0 Å². The highest BCUT2D eigenvalue weighted by molar-refractivity contribution is 5.78. The van der Waals surface area contributed by atoms with Gasteiger partial charge in [0.1, 0.15) is 0 Å². The summed E-state index contributed by atoms with van der Waals surface area (Å²) in [5, 5.41) is 0. The van der Waals surface area contributed by atoms with Gasteiger partial charge in [-0.3, -0.25) is 9.69 Å². The first-order valence-electron chi connectivity index (χ1n) is 8.71. The maximum absolute atomic E-state index is 12.9. The smallest absolute Gasteiger partial charge is 0.344 e. The van der Waals surface area contributed by atoms with Crippen LogP contribution in [0.15, 0.2) is 18.2 Å². The van der Waals surface area contributed by atoms with Crippen molar-refractivity contribution in [3.8, 4) is 0 Å². The van der Waals surface area contributed by atoms with Gasteiger partial charge in [-0.25, -0.2) is 0 Å². The van der Waals surface area contributed by atoms with Crippen molar-refractivity contribution in [1.82, 2.24) is 9.80 Å². The molecule has 1 aliphatic heterocycles. The van der Waals surface area contributed by atoms with Crippen LogP contribution in [-0.4, -0.2) is 48.9 Å². The van der Waals surface area contributed by atoms with Gasteiger partial charge < -0.3 is 4.90 Å². The third-order valence-corrected chi connectivity index (χ3v) is 4.62. The maximum atomic E-state index is 12.9. The molecular weight excluding hydrogens is 374 g/mol. The second kappa shape index (κ2) is 8.50. The molecule has 1 heterocycles. The molecule has 0 aromatic heterocycles. The number of carbonyl (C=O) groups is 1. The molecule has 1 aromatic carbocycles. The molecule has 1 saturated heterocycles. The molecule has 3 nitrogen and oxygen atoms in total. The number of hydrogen-bond acceptors (Lipinski definition) is 2. The number of piperidine rings is 1. The highest BCUT2D eigenvalue weighted by Gasteiger charge is 2.36. The molecule has 1 aliphatic rings. The van der Waals surface area contributed by atoms with Crippen molar-refractivity contribution in [2.45, 2.75) is 38.0 Å². The van der Waals surface area contributed by atoms with Crippen LogP contribution >= 0.6 is 0 Å². The number of nitrogens with zero attached hydrogens (tertiary/aromatic N) is 2. The van der Waals surface area contributed by atoms with Crippen LogP contribution in [0.4, 0.5) is 26.3 Å². The number of halogens is 6. The van der Waals surface area contributed by atoms with Crippen molar-refractivity contribution in [3.63, 3.8) is 0 Å². The molecule has 0 N–H and O–H groups in total. The van der Waals surface area contributed by atoms with E-state index in [1.54, 1.807) is 0 Å². The predicted octanol–water partition coefficient (Wildman–Crippen LogP) is 4.21. The van der Waals surface area contributed by atoms with E-state index in [4.69, 9.17) is 0 Å². The summed E-state index contributed by atoms with van der Waals surface area (Å²) in [4.78, 5) is 15.6. The van der Waals surface area contributed by atoms with Gasteiger partial charge >= 0.3 is 12.4 Å². The van der Waals surface area contributed by atoms with Gasteiger partial charge in [0.2, 0.25) is 5.91 Å². The number of carbonyl (C=O) groups excluding carboxylic acids is 1. The van der Waals surface area contributed by atoms with Crippen molar-refractivity contribution in [1.29, 1.82) is 0 Å². The Bertz CT molecular complexity index is 618. The Kier molecular flexibility index (Phi) is 6.77. The fourth-order valence-corrected chi connectivity index (χ4v) is 3.01. The van der Waals surface area contributed by atoms with Crippen LogP contribution in [-0.2, 0) is 23.6 Å². The quantitative estimate of drug-likeness (QED) is 0.696. The number of amides is 1. The van der Waals surface area contributed by atoms with E-state index in [0.29, 0.717) is 12.1 Å². The fraction of sp³-hybridized carbons (Fsp3) is 0.611. The van der Waals surface area contributed by atoms with Gasteiger partial charge in [0.05, 0.1) is 17.7 Å². The molecule has 0 bridgehead atoms. The van der Waals surface area contributed by atoms with E-state index in [-0.39, 0.29) is 37.0 Å². The Balaban J connectivity index is 2.04. The maximum Gasteiger partial charge on any atom is 0.416 e. The summed E-state index contributed by atoms with van der Waals surface area (Å²) in [6.45, 7) is 1.91. The minimum absolute atomic E-state index is 0.0469. The van der Waals surface area contributed by atoms with Crippen LogP contribution in [0, 0.1) is 0 Å². The lowest BCUT2D eigenvalue weighted by Gasteiger charge is -2.28. The lowest BCUT2D eigenvalue weighted by atomic mass is 10.0. The van der Waals surface area contributed by atoms with Gasteiger partial charge in [-0.1, -0.05) is 6.42 Å². The van der Waals surface area contributed by atoms with Crippen molar-refractivity contribution in [2.75, 3.05) is 33.2 Å². The van der Waals surface area contributed by atoms with E-state index < -0.39 is 23.5 Å². The molecular formula is C18H22F6N2O. The number of benzene rings is 1. The SMILES string of the molecule is CN(CCc1cc(C(F)(F)F)cc(C(F)(F)F)c1)C(=O)CN1CCCCC1. The molecule has 27 heavy (non-hydrogen) atoms. The summed E-state index contributed by atoms with van der Waals surface area (Å²) in [6.07, 6.45) is -6.67. The number of likely N-dealkylation sites (tertiary alicyclic amines) is 1. The summed E-state index contributed by atoms with van der Waals surface area (Å²) in [7, 11) is 1.50. The van der Waals surface area contributed by atoms with Crippen molar-refractivity contribution in [3.05, 3.63) is 34.9 Å². The van der Waals surface area contributed by atoms with Gasteiger partial charge in [-0.05, 0) is 56.1 Å². The predicted molar refractivity (Wildman–Crippen MR) is 88.1 cm³/mol. The second-order valence-electron chi connectivity index (χ2n) is 6.82. The van der Waals surface area contributed by atoms with Crippen LogP contribution in [0.1, 0.15) is 36.0 Å². The van der Waals surface area contributed by atoms with Crippen molar-refractivity contribution >= 4 is 5.91 Å². The number of rotatable bonds is 5. The Hall–Kier alpha value is -1.77. The number of likely N-dealkylation sites (N-methyl/N-ethyl adjacent to an activating group) is 1. The Morgan fingerprint density at radius 2 is 1.48 bits per heavy atom. The zero-order valence-electron chi connectivity index (χ0n) is 15.0. The first-order chi connectivity index (χ1) is 12.5. The normalized spacial score (nSPS) is 16.4. The summed E-state index contributed by atoms with van der Waals surface area (Å²) in [5.74, 6) is -0.195. The van der Waals surface area contributed by atoms with E-state index in [1.165, 1.54) is 11.9 Å². The van der Waals surface area contributed by atoms with E-state index in [2.05, 4.69) is 0 Å². The van der Waals surface area contributed by atoms with Crippen molar-refractivity contribution < 1.29 is 31.1 Å². The lowest BCUT2D eigenvalue weighted by Crippen LogP contribution is -2.41. The molecule has 0 aliphatic carbocycles. The monoisotopic (exact) mass is 396 g/mol. The van der Waals surface area contributed by atoms with Crippen LogP contribution in [0.5, 0.6) is 0 Å². The molecule has 1 amide bonds. The summed E-state index contributed by atoms with van der Waals surface area (Å²) < 4.78 is 77.3. The first-order valence-corrected chi connectivity index (χ1v) is 8.71. The minimum Gasteiger partial charge on any atom is -0.344 e. The zero-order valence-corrected chi connectivity index (χ0v) is 15.0. The summed E-state index contributed by atoms with van der Waals surface area (Å²) in [5.41, 5.74) is -2.78. The van der Waals surface area contributed by atoms with Crippen molar-refractivity contribution in [2.24, 2.45) is 0 Å². The standard InChI is InChI=1S/C18H22F6N2O/c1-25(16(27)12-26-6-3-2-4-7-26)8-5-13-9-14(17(19,20)21)11-15(10-13)18(22,23)24/h9-11H,2-8,12H2,1H3. The van der Waals surface area contributed by atoms with Crippen LogP contribution < -0.4 is 0 Å². The number of alkyl halides is 6.